The number of halogens is 1. The van der Waals surface area contributed by atoms with Crippen LogP contribution in [0.4, 0.5) is 0 Å². The van der Waals surface area contributed by atoms with Crippen LogP contribution in [0.1, 0.15) is 17.7 Å². The summed E-state index contributed by atoms with van der Waals surface area (Å²) in [5.41, 5.74) is 2.32. The molecule has 0 N–H and O–H groups in total. The Kier molecular flexibility index (Phi) is 4.56. The van der Waals surface area contributed by atoms with Crippen LogP contribution in [-0.2, 0) is 13.5 Å². The molecule has 21 heavy (non-hydrogen) atoms. The molecule has 1 fully saturated rings. The number of nitrogens with zero attached hydrogens (tertiary/aromatic N) is 3. The molecule has 1 aromatic carbocycles. The molecule has 0 radical (unpaired) electrons. The number of benzene rings is 1. The Bertz CT molecular complexity index is 765. The lowest BCUT2D eigenvalue weighted by Crippen LogP contribution is -2.38. The molecule has 1 atom stereocenters. The zero-order valence-electron chi connectivity index (χ0n) is 11.2. The Morgan fingerprint density at radius 3 is 2.76 bits per heavy atom. The minimum atomic E-state index is -1.20. The highest BCUT2D eigenvalue weighted by Crippen LogP contribution is 2.33. The molecule has 1 aliphatic rings. The van der Waals surface area contributed by atoms with E-state index in [1.165, 1.54) is 0 Å². The van der Waals surface area contributed by atoms with E-state index in [1.807, 2.05) is 29.4 Å². The van der Waals surface area contributed by atoms with Gasteiger partial charge in [-0.15, -0.1) is 0 Å². The molecule has 0 amide bonds. The summed E-state index contributed by atoms with van der Waals surface area (Å²) in [5, 5.41) is 10.2. The second-order valence-electron chi connectivity index (χ2n) is 4.81. The van der Waals surface area contributed by atoms with Gasteiger partial charge in [-0.3, -0.25) is 0 Å². The SMILES string of the molecule is Cc1cc(S(=O)N2CCC2)c2c(c1)cc(C#N)n2SOI. The summed E-state index contributed by atoms with van der Waals surface area (Å²) in [5.74, 6) is 0. The normalized spacial score (nSPS) is 16.6. The van der Waals surface area contributed by atoms with Gasteiger partial charge in [-0.05, 0) is 37.1 Å². The number of rotatable bonds is 4. The van der Waals surface area contributed by atoms with Crippen LogP contribution in [0.5, 0.6) is 0 Å². The van der Waals surface area contributed by atoms with Crippen molar-refractivity contribution in [3.63, 3.8) is 0 Å². The topological polar surface area (TPSA) is 58.3 Å². The molecule has 5 nitrogen and oxygen atoms in total. The molecule has 1 aromatic heterocycles. The van der Waals surface area contributed by atoms with E-state index >= 15 is 0 Å². The van der Waals surface area contributed by atoms with Crippen molar-refractivity contribution in [2.75, 3.05) is 13.1 Å². The van der Waals surface area contributed by atoms with Crippen molar-refractivity contribution >= 4 is 57.1 Å². The number of aryl methyl sites for hydroxylation is 1. The fraction of sp³-hybridized carbons (Fsp3) is 0.308. The predicted molar refractivity (Wildman–Crippen MR) is 92.1 cm³/mol. The lowest BCUT2D eigenvalue weighted by atomic mass is 10.2. The van der Waals surface area contributed by atoms with Gasteiger partial charge in [0.15, 0.2) is 0 Å². The zero-order valence-corrected chi connectivity index (χ0v) is 15.0. The number of aromatic nitrogens is 1. The van der Waals surface area contributed by atoms with Gasteiger partial charge in [-0.1, -0.05) is 0 Å². The highest BCUT2D eigenvalue weighted by Gasteiger charge is 2.25. The van der Waals surface area contributed by atoms with Crippen molar-refractivity contribution in [2.45, 2.75) is 18.2 Å². The molecule has 2 heterocycles. The van der Waals surface area contributed by atoms with Crippen LogP contribution in [0, 0.1) is 18.3 Å². The second-order valence-corrected chi connectivity index (χ2v) is 7.98. The predicted octanol–water partition coefficient (Wildman–Crippen LogP) is 3.33. The fourth-order valence-corrected chi connectivity index (χ4v) is 4.91. The van der Waals surface area contributed by atoms with Crippen molar-refractivity contribution in [1.82, 2.24) is 8.28 Å². The van der Waals surface area contributed by atoms with Crippen LogP contribution >= 0.6 is 35.2 Å². The summed E-state index contributed by atoms with van der Waals surface area (Å²) in [4.78, 5) is 0.743. The summed E-state index contributed by atoms with van der Waals surface area (Å²) < 4.78 is 21.5. The molecule has 1 unspecified atom stereocenters. The van der Waals surface area contributed by atoms with Gasteiger partial charge in [0.05, 0.1) is 10.4 Å². The highest BCUT2D eigenvalue weighted by atomic mass is 127. The van der Waals surface area contributed by atoms with Crippen LogP contribution in [0.3, 0.4) is 0 Å². The van der Waals surface area contributed by atoms with Crippen molar-refractivity contribution < 1.29 is 6.72 Å². The maximum Gasteiger partial charge on any atom is 0.133 e. The molecule has 0 bridgehead atoms. The van der Waals surface area contributed by atoms with Gasteiger partial charge in [-0.2, -0.15) is 5.26 Å². The van der Waals surface area contributed by atoms with Crippen molar-refractivity contribution in [2.24, 2.45) is 0 Å². The Labute approximate surface area is 143 Å². The second kappa shape index (κ2) is 6.26. The van der Waals surface area contributed by atoms with Crippen LogP contribution < -0.4 is 0 Å². The Morgan fingerprint density at radius 2 is 2.19 bits per heavy atom. The number of hydrogen-bond acceptors (Lipinski definition) is 4. The van der Waals surface area contributed by atoms with E-state index in [0.29, 0.717) is 5.69 Å². The number of fused-ring (bicyclic) bond motifs is 1. The quantitative estimate of drug-likeness (QED) is 0.549. The third-order valence-corrected chi connectivity index (χ3v) is 6.01. The summed E-state index contributed by atoms with van der Waals surface area (Å²) in [6.07, 6.45) is 1.08. The number of hydrogen-bond donors (Lipinski definition) is 0. The summed E-state index contributed by atoms with van der Waals surface area (Å²) in [6, 6.07) is 7.90. The van der Waals surface area contributed by atoms with E-state index in [0.717, 1.165) is 53.1 Å². The van der Waals surface area contributed by atoms with Crippen LogP contribution in [0.15, 0.2) is 23.1 Å². The van der Waals surface area contributed by atoms with Crippen molar-refractivity contribution in [1.29, 1.82) is 5.26 Å². The van der Waals surface area contributed by atoms with Crippen LogP contribution in [-0.4, -0.2) is 25.6 Å². The minimum absolute atomic E-state index is 0.485. The molecule has 2 aromatic rings. The lowest BCUT2D eigenvalue weighted by molar-refractivity contribution is 0.328. The molecule has 1 saturated heterocycles. The lowest BCUT2D eigenvalue weighted by Gasteiger charge is -2.29. The number of nitriles is 1. The molecule has 0 spiro atoms. The largest absolute Gasteiger partial charge is 0.249 e. The minimum Gasteiger partial charge on any atom is -0.249 e. The highest BCUT2D eigenvalue weighted by molar-refractivity contribution is 14.1. The van der Waals surface area contributed by atoms with Gasteiger partial charge in [0.25, 0.3) is 0 Å². The van der Waals surface area contributed by atoms with Gasteiger partial charge >= 0.3 is 0 Å². The average Bonchev–Trinajstić information content (AvgIpc) is 2.74. The summed E-state index contributed by atoms with van der Waals surface area (Å²) >= 11 is 2.83. The van der Waals surface area contributed by atoms with E-state index in [2.05, 4.69) is 6.07 Å². The van der Waals surface area contributed by atoms with E-state index in [4.69, 9.17) is 2.51 Å². The first-order valence-corrected chi connectivity index (χ1v) is 9.03. The maximum absolute atomic E-state index is 12.7. The van der Waals surface area contributed by atoms with Gasteiger partial charge < -0.3 is 0 Å². The van der Waals surface area contributed by atoms with Crippen LogP contribution in [0.2, 0.25) is 0 Å². The molecular weight excluding hydrogens is 421 g/mol. The monoisotopic (exact) mass is 433 g/mol. The first kappa shape index (κ1) is 15.3. The summed E-state index contributed by atoms with van der Waals surface area (Å²) in [7, 11) is -1.20. The molecule has 0 aliphatic carbocycles. The Morgan fingerprint density at radius 1 is 1.43 bits per heavy atom. The van der Waals surface area contributed by atoms with Gasteiger partial charge in [0.1, 0.15) is 58.0 Å². The van der Waals surface area contributed by atoms with Crippen LogP contribution in [0.25, 0.3) is 10.9 Å². The van der Waals surface area contributed by atoms with E-state index < -0.39 is 11.0 Å². The molecule has 3 rings (SSSR count). The zero-order chi connectivity index (χ0) is 15.0. The maximum atomic E-state index is 12.7. The Balaban J connectivity index is 2.24. The molecule has 110 valence electrons. The first-order valence-electron chi connectivity index (χ1n) is 6.34. The molecular formula is C13H12IN3O2S2. The molecule has 1 aliphatic heterocycles. The third kappa shape index (κ3) is 2.73. The standard InChI is InChI=1S/C13H12IN3O2S2/c1-9-5-10-7-11(8-15)17(20-19-14)13(10)12(6-9)21(18)16-3-2-4-16/h5-7H,2-4H2,1H3. The van der Waals surface area contributed by atoms with Crippen molar-refractivity contribution in [3.05, 3.63) is 29.5 Å². The smallest absolute Gasteiger partial charge is 0.133 e. The van der Waals surface area contributed by atoms with Gasteiger partial charge in [-0.25, -0.2) is 15.0 Å². The molecule has 8 heteroatoms. The average molecular weight is 433 g/mol. The van der Waals surface area contributed by atoms with E-state index in [-0.39, 0.29) is 0 Å². The summed E-state index contributed by atoms with van der Waals surface area (Å²) in [6.45, 7) is 3.68. The Hall–Kier alpha value is -0.600. The van der Waals surface area contributed by atoms with Gasteiger partial charge in [0.2, 0.25) is 0 Å². The first-order chi connectivity index (χ1) is 10.2. The molecule has 0 saturated carbocycles. The van der Waals surface area contributed by atoms with Gasteiger partial charge in [0, 0.05) is 18.5 Å². The van der Waals surface area contributed by atoms with E-state index in [1.54, 1.807) is 27.0 Å². The van der Waals surface area contributed by atoms with E-state index in [9.17, 15) is 9.47 Å². The van der Waals surface area contributed by atoms with Crippen molar-refractivity contribution in [3.8, 4) is 6.07 Å². The third-order valence-electron chi connectivity index (χ3n) is 3.42. The fourth-order valence-electron chi connectivity index (χ4n) is 2.33.